The van der Waals surface area contributed by atoms with Crippen LogP contribution < -0.4 is 14.5 Å². The van der Waals surface area contributed by atoms with E-state index in [1.807, 2.05) is 18.2 Å². The van der Waals surface area contributed by atoms with Crippen molar-refractivity contribution in [2.24, 2.45) is 5.92 Å². The van der Waals surface area contributed by atoms with Gasteiger partial charge in [0.25, 0.3) is 0 Å². The van der Waals surface area contributed by atoms with Gasteiger partial charge >= 0.3 is 5.97 Å². The predicted molar refractivity (Wildman–Crippen MR) is 159 cm³/mol. The van der Waals surface area contributed by atoms with E-state index in [4.69, 9.17) is 9.72 Å². The number of benzene rings is 3. The van der Waals surface area contributed by atoms with Crippen molar-refractivity contribution in [1.82, 2.24) is 9.29 Å². The third-order valence-electron chi connectivity index (χ3n) is 7.70. The van der Waals surface area contributed by atoms with Crippen LogP contribution in [0.5, 0.6) is 5.75 Å². The first-order chi connectivity index (χ1) is 19.4. The number of ether oxygens (including phenoxy) is 1. The highest BCUT2D eigenvalue weighted by molar-refractivity contribution is 7.89. The molecular weight excluding hydrogens is 544 g/mol. The van der Waals surface area contributed by atoms with Gasteiger partial charge in [0.15, 0.2) is 5.13 Å². The number of aromatic nitrogens is 1. The van der Waals surface area contributed by atoms with Gasteiger partial charge in [-0.1, -0.05) is 36.5 Å². The molecule has 6 rings (SSSR count). The molecule has 0 N–H and O–H groups in total. The van der Waals surface area contributed by atoms with E-state index in [-0.39, 0.29) is 4.90 Å². The Kier molecular flexibility index (Phi) is 7.48. The fourth-order valence-corrected chi connectivity index (χ4v) is 7.70. The highest BCUT2D eigenvalue weighted by atomic mass is 32.2. The first-order valence-corrected chi connectivity index (χ1v) is 15.9. The maximum Gasteiger partial charge on any atom is 0.343 e. The Bertz CT molecular complexity index is 1590. The second-order valence-corrected chi connectivity index (χ2v) is 13.4. The van der Waals surface area contributed by atoms with Crippen molar-refractivity contribution < 1.29 is 17.9 Å². The molecule has 10 heteroatoms. The number of hydrogen-bond acceptors (Lipinski definition) is 8. The largest absolute Gasteiger partial charge is 0.423 e. The van der Waals surface area contributed by atoms with Gasteiger partial charge in [0.05, 0.1) is 20.7 Å². The second kappa shape index (κ2) is 11.2. The summed E-state index contributed by atoms with van der Waals surface area (Å²) < 4.78 is 34.1. The fourth-order valence-electron chi connectivity index (χ4n) is 5.19. The van der Waals surface area contributed by atoms with E-state index >= 15 is 0 Å². The van der Waals surface area contributed by atoms with Crippen LogP contribution in [0.15, 0.2) is 77.7 Å². The van der Waals surface area contributed by atoms with Crippen molar-refractivity contribution in [2.45, 2.75) is 24.7 Å². The predicted octanol–water partition coefficient (Wildman–Crippen LogP) is 5.26. The zero-order chi connectivity index (χ0) is 27.7. The summed E-state index contributed by atoms with van der Waals surface area (Å²) in [7, 11) is -3.57. The topological polar surface area (TPSA) is 83.0 Å². The number of hydrogen-bond donors (Lipinski definition) is 0. The molecule has 4 aromatic rings. The third kappa shape index (κ3) is 5.56. The van der Waals surface area contributed by atoms with Gasteiger partial charge in [0.1, 0.15) is 5.75 Å². The van der Waals surface area contributed by atoms with Crippen molar-refractivity contribution in [1.29, 1.82) is 0 Å². The number of carbonyl (C=O) groups is 1. The van der Waals surface area contributed by atoms with Gasteiger partial charge in [0.2, 0.25) is 10.0 Å². The van der Waals surface area contributed by atoms with Gasteiger partial charge in [-0.05, 0) is 67.3 Å². The molecule has 2 aliphatic rings. The van der Waals surface area contributed by atoms with Crippen LogP contribution in [0, 0.1) is 5.92 Å². The first-order valence-electron chi connectivity index (χ1n) is 13.6. The summed E-state index contributed by atoms with van der Waals surface area (Å²) in [6, 6.07) is 21.9. The van der Waals surface area contributed by atoms with Gasteiger partial charge in [-0.15, -0.1) is 0 Å². The van der Waals surface area contributed by atoms with E-state index in [1.54, 1.807) is 17.4 Å². The summed E-state index contributed by atoms with van der Waals surface area (Å²) in [6.07, 6.45) is 1.72. The normalized spacial score (nSPS) is 17.3. The summed E-state index contributed by atoms with van der Waals surface area (Å²) >= 11 is 1.59. The molecular formula is C30H32N4O4S2. The number of fused-ring (bicyclic) bond motifs is 1. The minimum Gasteiger partial charge on any atom is -0.423 e. The zero-order valence-corrected chi connectivity index (χ0v) is 24.0. The molecule has 208 valence electrons. The fraction of sp³-hybridized carbons (Fsp3) is 0.333. The number of carbonyl (C=O) groups excluding carboxylic acids is 1. The number of esters is 1. The summed E-state index contributed by atoms with van der Waals surface area (Å²) in [4.78, 5) is 22.5. The van der Waals surface area contributed by atoms with Crippen LogP contribution in [0.3, 0.4) is 0 Å². The number of thiazole rings is 1. The quantitative estimate of drug-likeness (QED) is 0.229. The van der Waals surface area contributed by atoms with Crippen LogP contribution in [-0.4, -0.2) is 62.9 Å². The second-order valence-electron chi connectivity index (χ2n) is 10.4. The Hall–Kier alpha value is -3.47. The molecule has 2 fully saturated rings. The van der Waals surface area contributed by atoms with Crippen molar-refractivity contribution in [3.63, 3.8) is 0 Å². The number of nitrogens with zero attached hydrogens (tertiary/aromatic N) is 4. The van der Waals surface area contributed by atoms with Gasteiger partial charge in [-0.25, -0.2) is 18.2 Å². The number of rotatable bonds is 6. The molecule has 0 spiro atoms. The Labute approximate surface area is 238 Å². The molecule has 1 aromatic heterocycles. The summed E-state index contributed by atoms with van der Waals surface area (Å²) in [6.45, 7) is 6.83. The molecule has 0 saturated carbocycles. The van der Waals surface area contributed by atoms with E-state index in [2.05, 4.69) is 41.0 Å². The van der Waals surface area contributed by atoms with Gasteiger partial charge in [-0.3, -0.25) is 0 Å². The third-order valence-corrected chi connectivity index (χ3v) is 10.7. The lowest BCUT2D eigenvalue weighted by Crippen LogP contribution is -2.46. The molecule has 0 bridgehead atoms. The molecule has 3 aromatic carbocycles. The summed E-state index contributed by atoms with van der Waals surface area (Å²) in [5.74, 6) is 0.438. The van der Waals surface area contributed by atoms with Crippen LogP contribution in [0.25, 0.3) is 10.2 Å². The Morgan fingerprint density at radius 1 is 0.875 bits per heavy atom. The van der Waals surface area contributed by atoms with E-state index in [1.165, 1.54) is 34.3 Å². The van der Waals surface area contributed by atoms with Crippen molar-refractivity contribution >= 4 is 48.4 Å². The molecule has 0 amide bonds. The summed E-state index contributed by atoms with van der Waals surface area (Å²) in [5, 5.41) is 0.964. The first kappa shape index (κ1) is 26.7. The minimum atomic E-state index is -3.57. The molecule has 2 saturated heterocycles. The van der Waals surface area contributed by atoms with Crippen molar-refractivity contribution in [3.8, 4) is 5.75 Å². The SMILES string of the molecule is CC1CCN(S(=O)(=O)c2ccc(C(=O)Oc3ccc4nc(N5CCN(c6ccccc6)CC5)sc4c3)cc2)CC1. The lowest BCUT2D eigenvalue weighted by Gasteiger charge is -2.35. The molecule has 40 heavy (non-hydrogen) atoms. The van der Waals surface area contributed by atoms with Crippen LogP contribution in [0.1, 0.15) is 30.1 Å². The maximum atomic E-state index is 13.0. The molecule has 0 unspecified atom stereocenters. The van der Waals surface area contributed by atoms with Crippen LogP contribution in [-0.2, 0) is 10.0 Å². The highest BCUT2D eigenvalue weighted by Crippen LogP contribution is 2.33. The monoisotopic (exact) mass is 576 g/mol. The van der Waals surface area contributed by atoms with E-state index in [9.17, 15) is 13.2 Å². The maximum absolute atomic E-state index is 13.0. The van der Waals surface area contributed by atoms with E-state index in [0.29, 0.717) is 30.3 Å². The summed E-state index contributed by atoms with van der Waals surface area (Å²) in [5.41, 5.74) is 2.41. The lowest BCUT2D eigenvalue weighted by atomic mass is 10.0. The van der Waals surface area contributed by atoms with Crippen molar-refractivity contribution in [2.75, 3.05) is 49.1 Å². The number of piperazine rings is 1. The molecule has 3 heterocycles. The van der Waals surface area contributed by atoms with Crippen LogP contribution in [0.4, 0.5) is 10.8 Å². The highest BCUT2D eigenvalue weighted by Gasteiger charge is 2.28. The average Bonchev–Trinajstić information content (AvgIpc) is 3.41. The molecule has 8 nitrogen and oxygen atoms in total. The Morgan fingerprint density at radius 3 is 2.25 bits per heavy atom. The standard InChI is InChI=1S/C30H32N4O4S2/c1-22-13-15-34(16-14-22)40(36,37)26-10-7-23(8-11-26)29(35)38-25-9-12-27-28(21-25)39-30(31-27)33-19-17-32(18-20-33)24-5-3-2-4-6-24/h2-12,21-22H,13-20H2,1H3. The average molecular weight is 577 g/mol. The number of piperidine rings is 1. The Morgan fingerprint density at radius 2 is 1.55 bits per heavy atom. The molecule has 0 radical (unpaired) electrons. The van der Waals surface area contributed by atoms with Crippen LogP contribution >= 0.6 is 11.3 Å². The van der Waals surface area contributed by atoms with Crippen molar-refractivity contribution in [3.05, 3.63) is 78.4 Å². The molecule has 0 aliphatic carbocycles. The van der Waals surface area contributed by atoms with Gasteiger partial charge in [0, 0.05) is 51.0 Å². The van der Waals surface area contributed by atoms with Crippen LogP contribution in [0.2, 0.25) is 0 Å². The minimum absolute atomic E-state index is 0.196. The van der Waals surface area contributed by atoms with Gasteiger partial charge < -0.3 is 14.5 Å². The molecule has 0 atom stereocenters. The Balaban J connectivity index is 1.09. The number of anilines is 2. The zero-order valence-electron chi connectivity index (χ0n) is 22.4. The van der Waals surface area contributed by atoms with E-state index in [0.717, 1.165) is 54.4 Å². The lowest BCUT2D eigenvalue weighted by molar-refractivity contribution is 0.0735. The van der Waals surface area contributed by atoms with E-state index < -0.39 is 16.0 Å². The smallest absolute Gasteiger partial charge is 0.343 e. The number of para-hydroxylation sites is 1. The molecule has 2 aliphatic heterocycles. The number of sulfonamides is 1. The van der Waals surface area contributed by atoms with Gasteiger partial charge in [-0.2, -0.15) is 4.31 Å².